The summed E-state index contributed by atoms with van der Waals surface area (Å²) < 4.78 is 23.1. The van der Waals surface area contributed by atoms with Crippen LogP contribution >= 0.6 is 0 Å². The van der Waals surface area contributed by atoms with E-state index in [0.717, 1.165) is 4.90 Å². The zero-order valence-corrected chi connectivity index (χ0v) is 13.6. The molecule has 1 heterocycles. The van der Waals surface area contributed by atoms with E-state index < -0.39 is 40.0 Å². The number of sulfone groups is 1. The van der Waals surface area contributed by atoms with Crippen molar-refractivity contribution in [3.8, 4) is 0 Å². The lowest BCUT2D eigenvalue weighted by atomic mass is 9.96. The molecule has 0 aromatic heterocycles. The molecular weight excluding hydrogens is 296 g/mol. The van der Waals surface area contributed by atoms with Crippen LogP contribution in [-0.2, 0) is 14.6 Å². The number of nitrogens with zero attached hydrogens (tertiary/aromatic N) is 1. The van der Waals surface area contributed by atoms with Gasteiger partial charge in [0, 0.05) is 11.6 Å². The Morgan fingerprint density at radius 2 is 1.90 bits per heavy atom. The highest BCUT2D eigenvalue weighted by Gasteiger charge is 2.37. The van der Waals surface area contributed by atoms with E-state index in [4.69, 9.17) is 5.11 Å². The van der Waals surface area contributed by atoms with Gasteiger partial charge in [0.1, 0.15) is 6.54 Å². The molecule has 1 fully saturated rings. The Hall–Kier alpha value is -1.31. The smallest absolute Gasteiger partial charge is 0.323 e. The van der Waals surface area contributed by atoms with Gasteiger partial charge in [-0.15, -0.1) is 0 Å². The Labute approximate surface area is 125 Å². The third-order valence-electron chi connectivity index (χ3n) is 4.19. The fourth-order valence-corrected chi connectivity index (χ4v) is 4.02. The van der Waals surface area contributed by atoms with Crippen molar-refractivity contribution in [1.29, 1.82) is 0 Å². The maximum absolute atomic E-state index is 12.4. The van der Waals surface area contributed by atoms with Crippen LogP contribution < -0.4 is 5.32 Å². The first-order chi connectivity index (χ1) is 9.62. The summed E-state index contributed by atoms with van der Waals surface area (Å²) in [5.74, 6) is -1.31. The van der Waals surface area contributed by atoms with Crippen LogP contribution in [0.25, 0.3) is 0 Å². The van der Waals surface area contributed by atoms with Crippen LogP contribution in [0.5, 0.6) is 0 Å². The zero-order valence-electron chi connectivity index (χ0n) is 12.8. The highest BCUT2D eigenvalue weighted by atomic mass is 32.2. The minimum Gasteiger partial charge on any atom is -0.480 e. The molecule has 1 aliphatic heterocycles. The molecule has 122 valence electrons. The van der Waals surface area contributed by atoms with Crippen molar-refractivity contribution in [3.05, 3.63) is 0 Å². The lowest BCUT2D eigenvalue weighted by Crippen LogP contribution is -2.55. The van der Waals surface area contributed by atoms with Crippen molar-refractivity contribution in [2.45, 2.75) is 51.6 Å². The molecule has 1 aliphatic rings. The molecule has 0 aromatic rings. The molecule has 0 bridgehead atoms. The van der Waals surface area contributed by atoms with E-state index in [1.54, 1.807) is 0 Å². The number of carbonyl (C=O) groups is 2. The molecule has 0 saturated carbocycles. The van der Waals surface area contributed by atoms with E-state index in [2.05, 4.69) is 5.32 Å². The molecule has 0 aromatic carbocycles. The van der Waals surface area contributed by atoms with Gasteiger partial charge in [0.15, 0.2) is 9.84 Å². The molecule has 2 amide bonds. The molecule has 1 unspecified atom stereocenters. The monoisotopic (exact) mass is 320 g/mol. The van der Waals surface area contributed by atoms with Crippen LogP contribution in [0.2, 0.25) is 0 Å². The SMILES string of the molecule is CCC(C)(CC)NC(=O)N(CC(=O)O)C1CCS(=O)(=O)C1. The van der Waals surface area contributed by atoms with Gasteiger partial charge in [0.25, 0.3) is 0 Å². The normalized spacial score (nSPS) is 21.0. The Balaban J connectivity index is 2.87. The van der Waals surface area contributed by atoms with Crippen molar-refractivity contribution in [2.24, 2.45) is 0 Å². The van der Waals surface area contributed by atoms with Gasteiger partial charge in [0.05, 0.1) is 11.5 Å². The van der Waals surface area contributed by atoms with Gasteiger partial charge in [-0.2, -0.15) is 0 Å². The van der Waals surface area contributed by atoms with Crippen LogP contribution in [0.4, 0.5) is 4.79 Å². The maximum Gasteiger partial charge on any atom is 0.323 e. The average molecular weight is 320 g/mol. The summed E-state index contributed by atoms with van der Waals surface area (Å²) in [6.45, 7) is 5.27. The Morgan fingerprint density at radius 1 is 1.33 bits per heavy atom. The van der Waals surface area contributed by atoms with E-state index in [-0.39, 0.29) is 17.9 Å². The van der Waals surface area contributed by atoms with Crippen LogP contribution in [0.15, 0.2) is 0 Å². The first-order valence-corrected chi connectivity index (χ1v) is 8.95. The first kappa shape index (κ1) is 17.7. The second-order valence-electron chi connectivity index (χ2n) is 5.78. The van der Waals surface area contributed by atoms with Gasteiger partial charge >= 0.3 is 12.0 Å². The topological polar surface area (TPSA) is 104 Å². The molecule has 1 saturated heterocycles. The first-order valence-electron chi connectivity index (χ1n) is 7.13. The molecule has 1 atom stereocenters. The summed E-state index contributed by atoms with van der Waals surface area (Å²) in [4.78, 5) is 24.5. The maximum atomic E-state index is 12.4. The van der Waals surface area contributed by atoms with Crippen LogP contribution in [0, 0.1) is 0 Å². The number of hydrogen-bond acceptors (Lipinski definition) is 4. The predicted molar refractivity (Wildman–Crippen MR) is 78.9 cm³/mol. The molecule has 0 aliphatic carbocycles. The average Bonchev–Trinajstić information content (AvgIpc) is 2.75. The molecule has 0 spiro atoms. The fraction of sp³-hybridized carbons (Fsp3) is 0.846. The lowest BCUT2D eigenvalue weighted by molar-refractivity contribution is -0.138. The van der Waals surface area contributed by atoms with Crippen LogP contribution in [-0.4, -0.2) is 60.1 Å². The lowest BCUT2D eigenvalue weighted by Gasteiger charge is -2.34. The molecule has 8 heteroatoms. The predicted octanol–water partition coefficient (Wildman–Crippen LogP) is 0.848. The van der Waals surface area contributed by atoms with Crippen LogP contribution in [0.1, 0.15) is 40.0 Å². The number of carbonyl (C=O) groups excluding carboxylic acids is 1. The quantitative estimate of drug-likeness (QED) is 0.755. The summed E-state index contributed by atoms with van der Waals surface area (Å²) in [6.07, 6.45) is 1.70. The largest absolute Gasteiger partial charge is 0.480 e. The van der Waals surface area contributed by atoms with Gasteiger partial charge in [-0.25, -0.2) is 13.2 Å². The van der Waals surface area contributed by atoms with Crippen LogP contribution in [0.3, 0.4) is 0 Å². The number of nitrogens with one attached hydrogen (secondary N) is 1. The minimum atomic E-state index is -3.18. The van der Waals surface area contributed by atoms with Crippen molar-refractivity contribution >= 4 is 21.8 Å². The third kappa shape index (κ3) is 4.87. The fourth-order valence-electron chi connectivity index (χ4n) is 2.29. The molecule has 7 nitrogen and oxygen atoms in total. The standard InChI is InChI=1S/C13H24N2O5S/c1-4-13(3,5-2)14-12(18)15(8-11(16)17)10-6-7-21(19,20)9-10/h10H,4-9H2,1-3H3,(H,14,18)(H,16,17). The molecule has 1 rings (SSSR count). The number of aliphatic carboxylic acids is 1. The summed E-state index contributed by atoms with van der Waals surface area (Å²) >= 11 is 0. The van der Waals surface area contributed by atoms with Crippen molar-refractivity contribution in [3.63, 3.8) is 0 Å². The van der Waals surface area contributed by atoms with Gasteiger partial charge in [-0.05, 0) is 26.2 Å². The summed E-state index contributed by atoms with van der Waals surface area (Å²) in [5.41, 5.74) is -0.425. The summed E-state index contributed by atoms with van der Waals surface area (Å²) in [6, 6.07) is -1.07. The highest BCUT2D eigenvalue weighted by molar-refractivity contribution is 7.91. The molecule has 0 radical (unpaired) electrons. The molecule has 21 heavy (non-hydrogen) atoms. The van der Waals surface area contributed by atoms with Gasteiger partial charge in [-0.1, -0.05) is 13.8 Å². The molecular formula is C13H24N2O5S. The Kier molecular flexibility index (Phi) is 5.61. The number of rotatable bonds is 6. The van der Waals surface area contributed by atoms with E-state index in [0.29, 0.717) is 12.8 Å². The Bertz CT molecular complexity index is 499. The van der Waals surface area contributed by atoms with Gasteiger partial charge < -0.3 is 15.3 Å². The number of amides is 2. The van der Waals surface area contributed by atoms with Gasteiger partial charge in [-0.3, -0.25) is 4.79 Å². The number of urea groups is 1. The van der Waals surface area contributed by atoms with Crippen molar-refractivity contribution in [2.75, 3.05) is 18.1 Å². The number of hydrogen-bond donors (Lipinski definition) is 2. The summed E-state index contributed by atoms with van der Waals surface area (Å²) in [7, 11) is -3.18. The molecule has 2 N–H and O–H groups in total. The number of carboxylic acids is 1. The zero-order chi connectivity index (χ0) is 16.3. The second-order valence-corrected chi connectivity index (χ2v) is 8.01. The van der Waals surface area contributed by atoms with E-state index >= 15 is 0 Å². The summed E-state index contributed by atoms with van der Waals surface area (Å²) in [5, 5.41) is 11.8. The second kappa shape index (κ2) is 6.64. The van der Waals surface area contributed by atoms with E-state index in [9.17, 15) is 18.0 Å². The van der Waals surface area contributed by atoms with Crippen molar-refractivity contribution in [1.82, 2.24) is 10.2 Å². The Morgan fingerprint density at radius 3 is 2.29 bits per heavy atom. The minimum absolute atomic E-state index is 0.000110. The van der Waals surface area contributed by atoms with Gasteiger partial charge in [0.2, 0.25) is 0 Å². The van der Waals surface area contributed by atoms with Crippen molar-refractivity contribution < 1.29 is 23.1 Å². The van der Waals surface area contributed by atoms with E-state index in [1.165, 1.54) is 0 Å². The third-order valence-corrected chi connectivity index (χ3v) is 5.94. The van der Waals surface area contributed by atoms with E-state index in [1.807, 2.05) is 20.8 Å². The highest BCUT2D eigenvalue weighted by Crippen LogP contribution is 2.20. The number of carboxylic acid groups (broad SMARTS) is 1.